The number of hydrogen-bond acceptors (Lipinski definition) is 1. The normalized spacial score (nSPS) is 15.0. The lowest BCUT2D eigenvalue weighted by atomic mass is 9.93. The number of rotatable bonds is 4. The molecule has 0 amide bonds. The molecule has 1 rings (SSSR count). The maximum atomic E-state index is 6.04. The van der Waals surface area contributed by atoms with E-state index in [1.807, 2.05) is 19.2 Å². The molecule has 3 heteroatoms. The van der Waals surface area contributed by atoms with Crippen molar-refractivity contribution in [3.05, 3.63) is 33.3 Å². The van der Waals surface area contributed by atoms with Crippen LogP contribution in [0.1, 0.15) is 31.9 Å². The van der Waals surface area contributed by atoms with E-state index in [9.17, 15) is 0 Å². The van der Waals surface area contributed by atoms with Gasteiger partial charge in [-0.2, -0.15) is 0 Å². The van der Waals surface area contributed by atoms with Gasteiger partial charge >= 0.3 is 0 Å². The van der Waals surface area contributed by atoms with Crippen molar-refractivity contribution in [3.63, 3.8) is 0 Å². The average Bonchev–Trinajstić information content (AvgIpc) is 2.17. The van der Waals surface area contributed by atoms with Gasteiger partial charge in [0.1, 0.15) is 0 Å². The lowest BCUT2D eigenvalue weighted by Crippen LogP contribution is -2.23. The number of benzene rings is 1. The van der Waals surface area contributed by atoms with Gasteiger partial charge in [0.05, 0.1) is 0 Å². The zero-order valence-corrected chi connectivity index (χ0v) is 11.7. The predicted molar refractivity (Wildman–Crippen MR) is 70.4 cm³/mol. The highest BCUT2D eigenvalue weighted by Gasteiger charge is 2.16. The van der Waals surface area contributed by atoms with Crippen molar-refractivity contribution in [3.8, 4) is 0 Å². The van der Waals surface area contributed by atoms with Crippen LogP contribution in [0.3, 0.4) is 0 Å². The molecule has 15 heavy (non-hydrogen) atoms. The van der Waals surface area contributed by atoms with Crippen molar-refractivity contribution in [2.75, 3.05) is 7.05 Å². The van der Waals surface area contributed by atoms with Crippen LogP contribution in [0.15, 0.2) is 22.7 Å². The standard InChI is InChI=1S/C12H17BrClN/c1-4-8(2)12(15-3)9-5-10(13)7-11(14)6-9/h5-8,12,15H,4H2,1-3H3. The smallest absolute Gasteiger partial charge is 0.0420 e. The monoisotopic (exact) mass is 289 g/mol. The van der Waals surface area contributed by atoms with E-state index in [2.05, 4.69) is 41.2 Å². The molecule has 0 aliphatic carbocycles. The average molecular weight is 291 g/mol. The molecule has 0 aliphatic rings. The summed E-state index contributed by atoms with van der Waals surface area (Å²) in [7, 11) is 1.99. The molecule has 0 fully saturated rings. The van der Waals surface area contributed by atoms with Gasteiger partial charge in [-0.25, -0.2) is 0 Å². The van der Waals surface area contributed by atoms with E-state index in [4.69, 9.17) is 11.6 Å². The molecule has 0 radical (unpaired) electrons. The van der Waals surface area contributed by atoms with Crippen LogP contribution in [0.5, 0.6) is 0 Å². The number of hydrogen-bond donors (Lipinski definition) is 1. The Labute approximate surface area is 105 Å². The molecular weight excluding hydrogens is 273 g/mol. The fourth-order valence-electron chi connectivity index (χ4n) is 1.77. The van der Waals surface area contributed by atoms with E-state index in [-0.39, 0.29) is 0 Å². The van der Waals surface area contributed by atoms with Gasteiger partial charge in [0.2, 0.25) is 0 Å². The Morgan fingerprint density at radius 1 is 1.40 bits per heavy atom. The largest absolute Gasteiger partial charge is 0.313 e. The highest BCUT2D eigenvalue weighted by atomic mass is 79.9. The third-order valence-corrected chi connectivity index (χ3v) is 3.44. The lowest BCUT2D eigenvalue weighted by Gasteiger charge is -2.23. The summed E-state index contributed by atoms with van der Waals surface area (Å²) in [6, 6.07) is 6.43. The van der Waals surface area contributed by atoms with Crippen LogP contribution in [0, 0.1) is 5.92 Å². The van der Waals surface area contributed by atoms with Gasteiger partial charge in [-0.3, -0.25) is 0 Å². The summed E-state index contributed by atoms with van der Waals surface area (Å²) >= 11 is 9.51. The van der Waals surface area contributed by atoms with E-state index in [0.717, 1.165) is 15.9 Å². The summed E-state index contributed by atoms with van der Waals surface area (Å²) in [6.45, 7) is 4.45. The Kier molecular flexibility index (Phi) is 5.10. The first kappa shape index (κ1) is 13.0. The molecule has 84 valence electrons. The molecule has 0 saturated carbocycles. The number of nitrogens with one attached hydrogen (secondary N) is 1. The Morgan fingerprint density at radius 3 is 2.53 bits per heavy atom. The summed E-state index contributed by atoms with van der Waals surface area (Å²) in [6.07, 6.45) is 1.15. The van der Waals surface area contributed by atoms with E-state index < -0.39 is 0 Å². The zero-order valence-electron chi connectivity index (χ0n) is 9.35. The third kappa shape index (κ3) is 3.47. The van der Waals surface area contributed by atoms with Crippen LogP contribution in [0.4, 0.5) is 0 Å². The highest BCUT2D eigenvalue weighted by molar-refractivity contribution is 9.10. The van der Waals surface area contributed by atoms with Crippen molar-refractivity contribution in [2.24, 2.45) is 5.92 Å². The first-order chi connectivity index (χ1) is 7.08. The summed E-state index contributed by atoms with van der Waals surface area (Å²) in [5.74, 6) is 0.598. The summed E-state index contributed by atoms with van der Waals surface area (Å²) in [5.41, 5.74) is 1.24. The lowest BCUT2D eigenvalue weighted by molar-refractivity contribution is 0.400. The van der Waals surface area contributed by atoms with Gasteiger partial charge in [-0.1, -0.05) is 47.8 Å². The van der Waals surface area contributed by atoms with E-state index in [1.165, 1.54) is 5.56 Å². The molecular formula is C12H17BrClN. The maximum Gasteiger partial charge on any atom is 0.0420 e. The Morgan fingerprint density at radius 2 is 2.07 bits per heavy atom. The molecule has 2 unspecified atom stereocenters. The summed E-state index contributed by atoms with van der Waals surface area (Å²) in [5, 5.41) is 4.12. The fourth-order valence-corrected chi connectivity index (χ4v) is 2.66. The highest BCUT2D eigenvalue weighted by Crippen LogP contribution is 2.29. The van der Waals surface area contributed by atoms with Crippen molar-refractivity contribution >= 4 is 27.5 Å². The molecule has 0 aromatic heterocycles. The van der Waals surface area contributed by atoms with Crippen molar-refractivity contribution < 1.29 is 0 Å². The van der Waals surface area contributed by atoms with Crippen LogP contribution >= 0.6 is 27.5 Å². The topological polar surface area (TPSA) is 12.0 Å². The minimum atomic E-state index is 0.366. The quantitative estimate of drug-likeness (QED) is 0.866. The first-order valence-electron chi connectivity index (χ1n) is 5.21. The summed E-state index contributed by atoms with van der Waals surface area (Å²) < 4.78 is 1.04. The second-order valence-corrected chi connectivity index (χ2v) is 5.21. The van der Waals surface area contributed by atoms with Crippen LogP contribution in [0.25, 0.3) is 0 Å². The van der Waals surface area contributed by atoms with E-state index in [0.29, 0.717) is 12.0 Å². The summed E-state index contributed by atoms with van der Waals surface area (Å²) in [4.78, 5) is 0. The second kappa shape index (κ2) is 5.88. The predicted octanol–water partition coefficient (Wildman–Crippen LogP) is 4.41. The minimum Gasteiger partial charge on any atom is -0.313 e. The van der Waals surface area contributed by atoms with Gasteiger partial charge in [0.25, 0.3) is 0 Å². The van der Waals surface area contributed by atoms with Crippen LogP contribution in [0.2, 0.25) is 5.02 Å². The van der Waals surface area contributed by atoms with Gasteiger partial charge < -0.3 is 5.32 Å². The van der Waals surface area contributed by atoms with Gasteiger partial charge in [-0.05, 0) is 36.7 Å². The molecule has 0 heterocycles. The van der Waals surface area contributed by atoms with Crippen LogP contribution < -0.4 is 5.32 Å². The van der Waals surface area contributed by atoms with Crippen LogP contribution in [-0.4, -0.2) is 7.05 Å². The molecule has 1 nitrogen and oxygen atoms in total. The maximum absolute atomic E-state index is 6.04. The molecule has 2 atom stereocenters. The van der Waals surface area contributed by atoms with Gasteiger partial charge in [0, 0.05) is 15.5 Å². The molecule has 1 aromatic rings. The Hall–Kier alpha value is -0.0500. The van der Waals surface area contributed by atoms with E-state index in [1.54, 1.807) is 0 Å². The Bertz CT molecular complexity index is 307. The molecule has 0 bridgehead atoms. The Balaban J connectivity index is 3.01. The van der Waals surface area contributed by atoms with Gasteiger partial charge in [0.15, 0.2) is 0 Å². The fraction of sp³-hybridized carbons (Fsp3) is 0.500. The molecule has 1 aromatic carbocycles. The zero-order chi connectivity index (χ0) is 11.4. The first-order valence-corrected chi connectivity index (χ1v) is 6.38. The van der Waals surface area contributed by atoms with Crippen molar-refractivity contribution in [2.45, 2.75) is 26.3 Å². The molecule has 1 N–H and O–H groups in total. The van der Waals surface area contributed by atoms with Crippen molar-refractivity contribution in [1.29, 1.82) is 0 Å². The molecule has 0 saturated heterocycles. The molecule has 0 spiro atoms. The SMILES string of the molecule is CCC(C)C(NC)c1cc(Cl)cc(Br)c1. The van der Waals surface area contributed by atoms with Crippen molar-refractivity contribution in [1.82, 2.24) is 5.32 Å². The molecule has 0 aliphatic heterocycles. The number of halogens is 2. The third-order valence-electron chi connectivity index (χ3n) is 2.77. The van der Waals surface area contributed by atoms with E-state index >= 15 is 0 Å². The minimum absolute atomic E-state index is 0.366. The van der Waals surface area contributed by atoms with Crippen LogP contribution in [-0.2, 0) is 0 Å². The van der Waals surface area contributed by atoms with Gasteiger partial charge in [-0.15, -0.1) is 0 Å². The second-order valence-electron chi connectivity index (χ2n) is 3.85.